The molecule has 0 aliphatic carbocycles. The summed E-state index contributed by atoms with van der Waals surface area (Å²) in [7, 11) is 0. The summed E-state index contributed by atoms with van der Waals surface area (Å²) in [5.41, 5.74) is 38.5. The molecule has 0 saturated heterocycles. The van der Waals surface area contributed by atoms with Crippen molar-refractivity contribution in [3.05, 3.63) is 546 Å². The summed E-state index contributed by atoms with van der Waals surface area (Å²) in [6, 6.07) is 193. The minimum atomic E-state index is 0.702. The summed E-state index contributed by atoms with van der Waals surface area (Å²) in [6.07, 6.45) is 0. The quantitative estimate of drug-likeness (QED) is 0.101. The molecule has 30 rings (SSSR count). The smallest absolute Gasteiger partial charge is 0.160 e. The van der Waals surface area contributed by atoms with Crippen LogP contribution in [0, 0.1) is 0 Å². The number of fused-ring (bicyclic) bond motifs is 18. The van der Waals surface area contributed by atoms with Gasteiger partial charge in [0.05, 0.1) is 83.3 Å². The van der Waals surface area contributed by atoms with Crippen molar-refractivity contribution >= 4 is 131 Å². The second-order valence-corrected chi connectivity index (χ2v) is 37.9. The normalized spacial score (nSPS) is 11.6. The molecule has 21 aromatic carbocycles. The SMILES string of the molecule is c1ccc(-c2ccc(-c3nc(-c4ccc5c(c4)c4ccccc4n5-c4ccccc4)c4c(n3)c3ccccc3n4-c3ccccc3)cc2)cc1.c1ccc(-c2cccc(-c3nc(-c4ccc5c(c4)c4ccccc4n5-c4ccccc4)c4c(n3)c3ccccc3n4-c3ccccc3)c2)cc1.c1ccc(-c2cccc(-n3c4ccccc4c4cc(-c5nc(-c6ccccc6)nc6c7ccccc7n(-c7ccccc7)c56)ccc43)c2)cc1. The van der Waals surface area contributed by atoms with Gasteiger partial charge in [0.1, 0.15) is 16.6 Å². The van der Waals surface area contributed by atoms with Crippen molar-refractivity contribution in [1.82, 2.24) is 57.3 Å². The van der Waals surface area contributed by atoms with Crippen molar-refractivity contribution in [3.8, 4) is 135 Å². The van der Waals surface area contributed by atoms with Gasteiger partial charge in [-0.05, 0) is 185 Å². The minimum absolute atomic E-state index is 0.702. The van der Waals surface area contributed by atoms with Gasteiger partial charge in [-0.3, -0.25) is 0 Å². The number of aromatic nitrogens is 12. The van der Waals surface area contributed by atoms with Crippen LogP contribution in [0.1, 0.15) is 0 Å². The third-order valence-corrected chi connectivity index (χ3v) is 29.2. The zero-order valence-corrected chi connectivity index (χ0v) is 81.3. The van der Waals surface area contributed by atoms with Crippen LogP contribution < -0.4 is 0 Å². The third kappa shape index (κ3) is 15.2. The Bertz CT molecular complexity index is 10400. The molecule has 702 valence electrons. The van der Waals surface area contributed by atoms with Crippen LogP contribution >= 0.6 is 0 Å². The highest BCUT2D eigenvalue weighted by Crippen LogP contribution is 2.48. The van der Waals surface area contributed by atoms with E-state index in [2.05, 4.69) is 543 Å². The lowest BCUT2D eigenvalue weighted by Gasteiger charge is -2.13. The van der Waals surface area contributed by atoms with Crippen LogP contribution in [0.3, 0.4) is 0 Å². The van der Waals surface area contributed by atoms with Gasteiger partial charge in [-0.25, -0.2) is 29.9 Å². The lowest BCUT2D eigenvalue weighted by atomic mass is 10.0. The number of benzene rings is 21. The molecule has 30 aromatic rings. The Balaban J connectivity index is 0.000000108. The molecule has 0 aliphatic heterocycles. The fourth-order valence-corrected chi connectivity index (χ4v) is 22.4. The predicted octanol–water partition coefficient (Wildman–Crippen LogP) is 35.0. The fraction of sp³-hybridized carbons (Fsp3) is 0. The first kappa shape index (κ1) is 87.5. The third-order valence-electron chi connectivity index (χ3n) is 29.2. The number of para-hydroxylation sites is 11. The second kappa shape index (κ2) is 37.1. The average Bonchev–Trinajstić information content (AvgIpc) is 1.57. The molecule has 12 nitrogen and oxygen atoms in total. The Hall–Kier alpha value is -20.3. The van der Waals surface area contributed by atoms with Crippen molar-refractivity contribution in [2.75, 3.05) is 0 Å². The molecule has 0 radical (unpaired) electrons. The zero-order chi connectivity index (χ0) is 99.1. The molecule has 0 saturated carbocycles. The molecular weight excluding hydrogens is 1830 g/mol. The first-order valence-electron chi connectivity index (χ1n) is 50.8. The van der Waals surface area contributed by atoms with Gasteiger partial charge in [-0.1, -0.05) is 394 Å². The Morgan fingerprint density at radius 3 is 0.660 bits per heavy atom. The van der Waals surface area contributed by atoms with Gasteiger partial charge in [0.15, 0.2) is 17.5 Å². The van der Waals surface area contributed by atoms with E-state index in [1.807, 2.05) is 30.3 Å². The van der Waals surface area contributed by atoms with E-state index in [-0.39, 0.29) is 0 Å². The van der Waals surface area contributed by atoms with E-state index in [0.29, 0.717) is 17.5 Å². The first-order chi connectivity index (χ1) is 74.4. The molecule has 0 amide bonds. The van der Waals surface area contributed by atoms with Crippen molar-refractivity contribution in [2.45, 2.75) is 0 Å². The van der Waals surface area contributed by atoms with Crippen molar-refractivity contribution in [3.63, 3.8) is 0 Å². The van der Waals surface area contributed by atoms with Crippen molar-refractivity contribution < 1.29 is 0 Å². The highest BCUT2D eigenvalue weighted by atomic mass is 15.1. The van der Waals surface area contributed by atoms with Gasteiger partial charge in [0.25, 0.3) is 0 Å². The largest absolute Gasteiger partial charge is 0.309 e. The predicted molar refractivity (Wildman–Crippen MR) is 621 cm³/mol. The molecule has 0 bridgehead atoms. The Morgan fingerprint density at radius 2 is 0.320 bits per heavy atom. The average molecular weight is 1920 g/mol. The molecule has 150 heavy (non-hydrogen) atoms. The van der Waals surface area contributed by atoms with Crippen LogP contribution in [0.4, 0.5) is 0 Å². The van der Waals surface area contributed by atoms with E-state index in [1.165, 1.54) is 65.6 Å². The maximum absolute atomic E-state index is 5.47. The Labute approximate surface area is 863 Å². The maximum atomic E-state index is 5.47. The van der Waals surface area contributed by atoms with Gasteiger partial charge >= 0.3 is 0 Å². The summed E-state index contributed by atoms with van der Waals surface area (Å²) in [4.78, 5) is 32.2. The summed E-state index contributed by atoms with van der Waals surface area (Å²) < 4.78 is 14.0. The first-order valence-corrected chi connectivity index (χ1v) is 50.8. The van der Waals surface area contributed by atoms with Crippen LogP contribution in [-0.4, -0.2) is 57.3 Å². The Morgan fingerprint density at radius 1 is 0.113 bits per heavy atom. The van der Waals surface area contributed by atoms with E-state index in [4.69, 9.17) is 29.9 Å². The molecule has 0 spiro atoms. The molecule has 0 atom stereocenters. The van der Waals surface area contributed by atoms with Gasteiger partial charge in [-0.15, -0.1) is 0 Å². The van der Waals surface area contributed by atoms with Gasteiger partial charge in [-0.2, -0.15) is 0 Å². The van der Waals surface area contributed by atoms with Crippen LogP contribution in [0.25, 0.3) is 267 Å². The van der Waals surface area contributed by atoms with E-state index < -0.39 is 0 Å². The number of rotatable bonds is 15. The molecule has 0 aliphatic rings. The lowest BCUT2D eigenvalue weighted by Crippen LogP contribution is -2.00. The highest BCUT2D eigenvalue weighted by Gasteiger charge is 2.29. The Kier molecular flexibility index (Phi) is 21.6. The lowest BCUT2D eigenvalue weighted by molar-refractivity contribution is 1.15. The van der Waals surface area contributed by atoms with Gasteiger partial charge in [0.2, 0.25) is 0 Å². The topological polar surface area (TPSA) is 107 Å². The molecule has 9 aromatic heterocycles. The highest BCUT2D eigenvalue weighted by molar-refractivity contribution is 6.19. The zero-order valence-electron chi connectivity index (χ0n) is 81.3. The summed E-state index contributed by atoms with van der Waals surface area (Å²) in [5, 5.41) is 10.5. The van der Waals surface area contributed by atoms with E-state index >= 15 is 0 Å². The monoisotopic (exact) mass is 1910 g/mol. The summed E-state index contributed by atoms with van der Waals surface area (Å²) in [5.74, 6) is 2.12. The van der Waals surface area contributed by atoms with Crippen molar-refractivity contribution in [2.24, 2.45) is 0 Å². The van der Waals surface area contributed by atoms with Crippen LogP contribution in [0.2, 0.25) is 0 Å². The van der Waals surface area contributed by atoms with Crippen LogP contribution in [0.5, 0.6) is 0 Å². The van der Waals surface area contributed by atoms with Crippen LogP contribution in [0.15, 0.2) is 546 Å². The molecular formula is C138H90N12. The summed E-state index contributed by atoms with van der Waals surface area (Å²) >= 11 is 0. The second-order valence-electron chi connectivity index (χ2n) is 37.9. The minimum Gasteiger partial charge on any atom is -0.309 e. The number of nitrogens with zero attached hydrogens (tertiary/aromatic N) is 12. The standard InChI is InChI=1S/3C46H30N4/c1-4-15-31(16-5-1)32-17-14-18-34(29-32)46-47-43(45-44(48-46)38-24-11-13-26-41(38)50(45)36-21-8-3-9-22-36)33-27-28-42-39(30-33)37-23-10-12-25-40(37)49(42)35-19-6-2-7-20-35;1-4-15-31(16-5-1)33-19-14-22-36(29-33)49-40-25-12-10-23-37(40)39-30-34(27-28-42(39)49)43-45-44(48-46(47-43)32-17-6-2-7-18-32)38-24-11-13-26-41(38)50(45)35-20-8-3-9-21-35;1-4-14-31(15-5-1)32-24-26-33(27-25-32)46-47-43(45-44(48-46)38-21-11-13-23-41(38)50(45)36-18-8-3-9-19-36)34-28-29-42-39(30-34)37-20-10-12-22-40(37)49(42)35-16-6-2-7-17-35/h3*1-30H. The number of hydrogen-bond donors (Lipinski definition) is 0. The molecule has 0 fully saturated rings. The molecule has 0 N–H and O–H groups in total. The fourth-order valence-electron chi connectivity index (χ4n) is 22.4. The number of hydrogen-bond acceptors (Lipinski definition) is 6. The van der Waals surface area contributed by atoms with E-state index in [1.54, 1.807) is 0 Å². The van der Waals surface area contributed by atoms with Gasteiger partial charge in [0, 0.05) is 116 Å². The van der Waals surface area contributed by atoms with Gasteiger partial charge < -0.3 is 27.4 Å². The molecule has 0 unspecified atom stereocenters. The maximum Gasteiger partial charge on any atom is 0.160 e. The van der Waals surface area contributed by atoms with E-state index in [9.17, 15) is 0 Å². The molecule has 9 heterocycles. The summed E-state index contributed by atoms with van der Waals surface area (Å²) in [6.45, 7) is 0. The molecule has 12 heteroatoms. The van der Waals surface area contributed by atoms with E-state index in [0.717, 1.165) is 184 Å². The van der Waals surface area contributed by atoms with Crippen molar-refractivity contribution in [1.29, 1.82) is 0 Å². The van der Waals surface area contributed by atoms with Crippen LogP contribution in [-0.2, 0) is 0 Å².